The van der Waals surface area contributed by atoms with Gasteiger partial charge in [0.1, 0.15) is 0 Å². The molecule has 23 heavy (non-hydrogen) atoms. The van der Waals surface area contributed by atoms with Crippen LogP contribution in [0.1, 0.15) is 21.5 Å². The number of nitrogens with one attached hydrogen (secondary N) is 1. The molecule has 3 rings (SSSR count). The smallest absolute Gasteiger partial charge is 0.408 e. The highest BCUT2D eigenvalue weighted by atomic mass is 16.4. The van der Waals surface area contributed by atoms with Crippen LogP contribution in [-0.4, -0.2) is 17.0 Å². The Morgan fingerprint density at radius 3 is 2.65 bits per heavy atom. The van der Waals surface area contributed by atoms with Gasteiger partial charge < -0.3 is 9.73 Å². The zero-order valence-electron chi connectivity index (χ0n) is 13.1. The van der Waals surface area contributed by atoms with Crippen molar-refractivity contribution in [1.29, 1.82) is 0 Å². The van der Waals surface area contributed by atoms with Crippen molar-refractivity contribution in [3.05, 3.63) is 69.7 Å². The van der Waals surface area contributed by atoms with Crippen molar-refractivity contribution in [2.75, 3.05) is 6.54 Å². The van der Waals surface area contributed by atoms with E-state index in [1.54, 1.807) is 13.1 Å². The molecule has 5 heteroatoms. The van der Waals surface area contributed by atoms with Gasteiger partial charge in [0.05, 0.1) is 5.52 Å². The van der Waals surface area contributed by atoms with E-state index < -0.39 is 0 Å². The molecule has 1 amide bonds. The maximum absolute atomic E-state index is 12.0. The van der Waals surface area contributed by atoms with E-state index in [0.29, 0.717) is 24.1 Å². The van der Waals surface area contributed by atoms with Gasteiger partial charge in [0.15, 0.2) is 5.58 Å². The number of oxazole rings is 1. The Kier molecular flexibility index (Phi) is 4.02. The van der Waals surface area contributed by atoms with Gasteiger partial charge >= 0.3 is 5.76 Å². The minimum atomic E-state index is -0.371. The molecule has 1 heterocycles. The molecule has 5 nitrogen and oxygen atoms in total. The summed E-state index contributed by atoms with van der Waals surface area (Å²) in [5.74, 6) is -0.452. The van der Waals surface area contributed by atoms with Gasteiger partial charge in [-0.2, -0.15) is 0 Å². The fraction of sp³-hybridized carbons (Fsp3) is 0.222. The summed E-state index contributed by atoms with van der Waals surface area (Å²) in [6.07, 6.45) is 0.687. The van der Waals surface area contributed by atoms with Crippen LogP contribution in [0, 0.1) is 6.92 Å². The van der Waals surface area contributed by atoms with Gasteiger partial charge in [-0.1, -0.05) is 23.8 Å². The lowest BCUT2D eigenvalue weighted by atomic mass is 10.1. The first-order chi connectivity index (χ1) is 11.0. The maximum Gasteiger partial charge on any atom is 0.419 e. The summed E-state index contributed by atoms with van der Waals surface area (Å²) in [6.45, 7) is 2.52. The molecule has 1 aromatic heterocycles. The lowest BCUT2D eigenvalue weighted by molar-refractivity contribution is 0.0954. The van der Waals surface area contributed by atoms with Crippen LogP contribution < -0.4 is 11.1 Å². The first-order valence-electron chi connectivity index (χ1n) is 7.48. The summed E-state index contributed by atoms with van der Waals surface area (Å²) >= 11 is 0. The zero-order chi connectivity index (χ0) is 16.4. The van der Waals surface area contributed by atoms with Crippen LogP contribution in [0.25, 0.3) is 11.1 Å². The van der Waals surface area contributed by atoms with Gasteiger partial charge in [0.2, 0.25) is 0 Å². The number of nitrogens with zero attached hydrogens (tertiary/aromatic N) is 1. The monoisotopic (exact) mass is 310 g/mol. The molecule has 0 spiro atoms. The number of fused-ring (bicyclic) bond motifs is 1. The Labute approximate surface area is 133 Å². The van der Waals surface area contributed by atoms with Crippen molar-refractivity contribution >= 4 is 17.0 Å². The Balaban J connectivity index is 1.64. The SMILES string of the molecule is Cc1ccc(C(=O)NCCc2ccc3oc(=O)n(C)c3c2)cc1. The number of hydrogen-bond donors (Lipinski definition) is 1. The van der Waals surface area contributed by atoms with Crippen molar-refractivity contribution in [1.82, 2.24) is 9.88 Å². The molecule has 0 radical (unpaired) electrons. The Morgan fingerprint density at radius 1 is 1.17 bits per heavy atom. The minimum absolute atomic E-state index is 0.0817. The molecule has 0 aliphatic rings. The second-order valence-corrected chi connectivity index (χ2v) is 5.60. The molecular formula is C18H18N2O3. The molecule has 0 saturated heterocycles. The van der Waals surface area contributed by atoms with E-state index in [1.165, 1.54) is 4.57 Å². The molecule has 2 aromatic carbocycles. The van der Waals surface area contributed by atoms with E-state index in [0.717, 1.165) is 16.6 Å². The Hall–Kier alpha value is -2.82. The van der Waals surface area contributed by atoms with Crippen molar-refractivity contribution in [2.24, 2.45) is 7.05 Å². The van der Waals surface area contributed by atoms with Crippen molar-refractivity contribution < 1.29 is 9.21 Å². The van der Waals surface area contributed by atoms with Crippen molar-refractivity contribution in [2.45, 2.75) is 13.3 Å². The summed E-state index contributed by atoms with van der Waals surface area (Å²) in [5.41, 5.74) is 4.16. The quantitative estimate of drug-likeness (QED) is 0.805. The topological polar surface area (TPSA) is 64.2 Å². The average molecular weight is 310 g/mol. The van der Waals surface area contributed by atoms with E-state index in [-0.39, 0.29) is 11.7 Å². The lowest BCUT2D eigenvalue weighted by Crippen LogP contribution is -2.25. The third kappa shape index (κ3) is 3.18. The van der Waals surface area contributed by atoms with Crippen LogP contribution in [0.3, 0.4) is 0 Å². The van der Waals surface area contributed by atoms with Crippen LogP contribution >= 0.6 is 0 Å². The van der Waals surface area contributed by atoms with Crippen LogP contribution in [-0.2, 0) is 13.5 Å². The van der Waals surface area contributed by atoms with E-state index in [2.05, 4.69) is 5.32 Å². The van der Waals surface area contributed by atoms with Crippen LogP contribution in [0.5, 0.6) is 0 Å². The van der Waals surface area contributed by atoms with Gasteiger partial charge in [0.25, 0.3) is 5.91 Å². The molecule has 0 atom stereocenters. The van der Waals surface area contributed by atoms with E-state index in [4.69, 9.17) is 4.42 Å². The van der Waals surface area contributed by atoms with Gasteiger partial charge in [-0.3, -0.25) is 9.36 Å². The van der Waals surface area contributed by atoms with Gasteiger partial charge in [-0.15, -0.1) is 0 Å². The highest BCUT2D eigenvalue weighted by molar-refractivity contribution is 5.94. The molecule has 0 saturated carbocycles. The predicted octanol–water partition coefficient (Wildman–Crippen LogP) is 2.41. The molecular weight excluding hydrogens is 292 g/mol. The third-order valence-corrected chi connectivity index (χ3v) is 3.87. The van der Waals surface area contributed by atoms with Crippen molar-refractivity contribution in [3.8, 4) is 0 Å². The van der Waals surface area contributed by atoms with Crippen molar-refractivity contribution in [3.63, 3.8) is 0 Å². The van der Waals surface area contributed by atoms with Crippen LogP contribution in [0.2, 0.25) is 0 Å². The molecule has 0 unspecified atom stereocenters. The van der Waals surface area contributed by atoms with Crippen LogP contribution in [0.4, 0.5) is 0 Å². The highest BCUT2D eigenvalue weighted by Gasteiger charge is 2.07. The second-order valence-electron chi connectivity index (χ2n) is 5.60. The summed E-state index contributed by atoms with van der Waals surface area (Å²) in [7, 11) is 1.68. The first kappa shape index (κ1) is 15.1. The van der Waals surface area contributed by atoms with E-state index >= 15 is 0 Å². The maximum atomic E-state index is 12.0. The number of rotatable bonds is 4. The number of aryl methyl sites for hydroxylation is 2. The number of amides is 1. The average Bonchev–Trinajstić information content (AvgIpc) is 2.83. The molecule has 0 aliphatic carbocycles. The minimum Gasteiger partial charge on any atom is -0.408 e. The predicted molar refractivity (Wildman–Crippen MR) is 88.7 cm³/mol. The summed E-state index contributed by atoms with van der Waals surface area (Å²) in [5, 5.41) is 2.90. The molecule has 0 fully saturated rings. The highest BCUT2D eigenvalue weighted by Crippen LogP contribution is 2.14. The van der Waals surface area contributed by atoms with Crippen LogP contribution in [0.15, 0.2) is 51.7 Å². The molecule has 118 valence electrons. The number of carbonyl (C=O) groups excluding carboxylic acids is 1. The second kappa shape index (κ2) is 6.12. The normalized spacial score (nSPS) is 10.9. The van der Waals surface area contributed by atoms with Gasteiger partial charge in [-0.25, -0.2) is 4.79 Å². The molecule has 0 bridgehead atoms. The number of benzene rings is 2. The Bertz CT molecular complexity index is 904. The fourth-order valence-electron chi connectivity index (χ4n) is 2.46. The molecule has 1 N–H and O–H groups in total. The number of carbonyl (C=O) groups is 1. The largest absolute Gasteiger partial charge is 0.419 e. The standard InChI is InChI=1S/C18H18N2O3/c1-12-3-6-14(7-4-12)17(21)19-10-9-13-5-8-16-15(11-13)20(2)18(22)23-16/h3-8,11H,9-10H2,1-2H3,(H,19,21). The number of aromatic nitrogens is 1. The molecule has 3 aromatic rings. The number of hydrogen-bond acceptors (Lipinski definition) is 3. The summed E-state index contributed by atoms with van der Waals surface area (Å²) in [4.78, 5) is 23.5. The van der Waals surface area contributed by atoms with E-state index in [9.17, 15) is 9.59 Å². The lowest BCUT2D eigenvalue weighted by Gasteiger charge is -2.06. The zero-order valence-corrected chi connectivity index (χ0v) is 13.1. The Morgan fingerprint density at radius 2 is 1.91 bits per heavy atom. The summed E-state index contributed by atoms with van der Waals surface area (Å²) < 4.78 is 6.58. The van der Waals surface area contributed by atoms with E-state index in [1.807, 2.05) is 43.3 Å². The first-order valence-corrected chi connectivity index (χ1v) is 7.48. The fourth-order valence-corrected chi connectivity index (χ4v) is 2.46. The van der Waals surface area contributed by atoms with Gasteiger partial charge in [0, 0.05) is 19.2 Å². The van der Waals surface area contributed by atoms with Gasteiger partial charge in [-0.05, 0) is 43.2 Å². The molecule has 0 aliphatic heterocycles. The third-order valence-electron chi connectivity index (χ3n) is 3.87. The summed E-state index contributed by atoms with van der Waals surface area (Å²) in [6, 6.07) is 13.1.